The monoisotopic (exact) mass is 656 g/mol. The van der Waals surface area contributed by atoms with E-state index in [9.17, 15) is 0 Å². The van der Waals surface area contributed by atoms with Crippen molar-refractivity contribution < 1.29 is 0 Å². The van der Waals surface area contributed by atoms with Gasteiger partial charge in [-0.15, -0.1) is 11.3 Å². The molecule has 234 valence electrons. The van der Waals surface area contributed by atoms with Crippen LogP contribution in [0.15, 0.2) is 170 Å². The molecule has 0 unspecified atom stereocenters. The van der Waals surface area contributed by atoms with Gasteiger partial charge in [0, 0.05) is 42.1 Å². The number of aromatic nitrogens is 4. The predicted octanol–water partition coefficient (Wildman–Crippen LogP) is 12.0. The summed E-state index contributed by atoms with van der Waals surface area (Å²) in [6.45, 7) is 0. The van der Waals surface area contributed by atoms with Crippen LogP contribution in [-0.4, -0.2) is 19.5 Å². The molecule has 0 spiro atoms. The van der Waals surface area contributed by atoms with Gasteiger partial charge in [0.05, 0.1) is 11.0 Å². The average Bonchev–Trinajstić information content (AvgIpc) is 3.74. The summed E-state index contributed by atoms with van der Waals surface area (Å²) >= 11 is 1.84. The van der Waals surface area contributed by atoms with Crippen molar-refractivity contribution in [3.05, 3.63) is 170 Å². The van der Waals surface area contributed by atoms with Crippen LogP contribution in [0, 0.1) is 0 Å². The second kappa shape index (κ2) is 11.6. The molecule has 0 atom stereocenters. The lowest BCUT2D eigenvalue weighted by atomic mass is 9.98. The van der Waals surface area contributed by atoms with E-state index in [0.717, 1.165) is 49.6 Å². The van der Waals surface area contributed by atoms with Crippen molar-refractivity contribution >= 4 is 53.3 Å². The van der Waals surface area contributed by atoms with Crippen LogP contribution in [0.25, 0.3) is 93.0 Å². The molecule has 0 N–H and O–H groups in total. The fourth-order valence-electron chi connectivity index (χ4n) is 7.15. The van der Waals surface area contributed by atoms with Crippen molar-refractivity contribution in [1.82, 2.24) is 19.5 Å². The first-order valence-electron chi connectivity index (χ1n) is 16.7. The number of thiophene rings is 1. The molecule has 0 radical (unpaired) electrons. The van der Waals surface area contributed by atoms with Gasteiger partial charge in [-0.05, 0) is 52.6 Å². The minimum Gasteiger partial charge on any atom is -0.278 e. The number of para-hydroxylation sites is 1. The van der Waals surface area contributed by atoms with Crippen molar-refractivity contribution in [2.24, 2.45) is 0 Å². The second-order valence-electron chi connectivity index (χ2n) is 12.5. The van der Waals surface area contributed by atoms with Crippen LogP contribution in [0.2, 0.25) is 0 Å². The van der Waals surface area contributed by atoms with Crippen LogP contribution in [0.1, 0.15) is 0 Å². The van der Waals surface area contributed by atoms with Crippen LogP contribution in [-0.2, 0) is 0 Å². The average molecular weight is 657 g/mol. The number of fused-ring (bicyclic) bond motifs is 6. The summed E-state index contributed by atoms with van der Waals surface area (Å²) in [5.74, 6) is 1.84. The van der Waals surface area contributed by atoms with Crippen LogP contribution in [0.4, 0.5) is 0 Å². The van der Waals surface area contributed by atoms with E-state index in [1.165, 1.54) is 25.7 Å². The Morgan fingerprint density at radius 3 is 1.84 bits per heavy atom. The molecule has 3 heterocycles. The van der Waals surface area contributed by atoms with E-state index >= 15 is 0 Å². The van der Waals surface area contributed by atoms with Gasteiger partial charge in [0.2, 0.25) is 5.95 Å². The van der Waals surface area contributed by atoms with E-state index in [0.29, 0.717) is 17.6 Å². The minimum atomic E-state index is 0.585. The van der Waals surface area contributed by atoms with Gasteiger partial charge in [-0.1, -0.05) is 140 Å². The van der Waals surface area contributed by atoms with Crippen LogP contribution in [0.5, 0.6) is 0 Å². The maximum absolute atomic E-state index is 5.23. The van der Waals surface area contributed by atoms with E-state index in [1.54, 1.807) is 0 Å². The normalized spacial score (nSPS) is 11.6. The maximum Gasteiger partial charge on any atom is 0.238 e. The van der Waals surface area contributed by atoms with Gasteiger partial charge in [0.1, 0.15) is 0 Å². The molecule has 0 aliphatic heterocycles. The molecule has 0 bridgehead atoms. The van der Waals surface area contributed by atoms with Gasteiger partial charge in [-0.3, -0.25) is 4.57 Å². The molecule has 0 saturated heterocycles. The standard InChI is InChI=1S/C45H28N4S/c1-3-13-29(14-4-1)31-17-11-18-33(27-31)44-46-43(30-15-5-2-6-16-30)47-45(48-44)49-38-22-9-7-19-35(38)36-26-25-32(28-39(36)49)34-21-12-24-41-42(34)37-20-8-10-23-40(37)50-41/h1-28H. The Morgan fingerprint density at radius 1 is 0.380 bits per heavy atom. The molecule has 0 fully saturated rings. The van der Waals surface area contributed by atoms with Crippen LogP contribution < -0.4 is 0 Å². The summed E-state index contributed by atoms with van der Waals surface area (Å²) in [4.78, 5) is 15.5. The lowest BCUT2D eigenvalue weighted by Gasteiger charge is -2.12. The molecule has 3 aromatic heterocycles. The number of benzene rings is 7. The maximum atomic E-state index is 5.23. The Morgan fingerprint density at radius 2 is 1.00 bits per heavy atom. The Kier molecular flexibility index (Phi) is 6.64. The number of nitrogens with zero attached hydrogens (tertiary/aromatic N) is 4. The number of rotatable bonds is 5. The van der Waals surface area contributed by atoms with E-state index < -0.39 is 0 Å². The van der Waals surface area contributed by atoms with Crippen LogP contribution in [0.3, 0.4) is 0 Å². The topological polar surface area (TPSA) is 43.6 Å². The SMILES string of the molecule is c1ccc(-c2cccc(-c3nc(-c4ccccc4)nc(-n4c5ccccc5c5ccc(-c6cccc7sc8ccccc8c67)cc54)n3)c2)cc1. The van der Waals surface area contributed by atoms with Gasteiger partial charge in [0.25, 0.3) is 0 Å². The molecule has 7 aromatic carbocycles. The zero-order valence-corrected chi connectivity index (χ0v) is 27.7. The van der Waals surface area contributed by atoms with Crippen molar-refractivity contribution in [3.8, 4) is 51.0 Å². The number of hydrogen-bond acceptors (Lipinski definition) is 4. The first kappa shape index (κ1) is 28.6. The van der Waals surface area contributed by atoms with E-state index in [1.807, 2.05) is 35.6 Å². The van der Waals surface area contributed by atoms with E-state index in [4.69, 9.17) is 15.0 Å². The van der Waals surface area contributed by atoms with Gasteiger partial charge < -0.3 is 0 Å². The quantitative estimate of drug-likeness (QED) is 0.185. The Labute approximate surface area is 292 Å². The molecule has 4 nitrogen and oxygen atoms in total. The lowest BCUT2D eigenvalue weighted by molar-refractivity contribution is 0.953. The Balaban J connectivity index is 1.23. The predicted molar refractivity (Wildman–Crippen MR) is 209 cm³/mol. The second-order valence-corrected chi connectivity index (χ2v) is 13.5. The summed E-state index contributed by atoms with van der Waals surface area (Å²) in [5.41, 5.74) is 8.61. The van der Waals surface area contributed by atoms with E-state index in [2.05, 4.69) is 150 Å². The van der Waals surface area contributed by atoms with Gasteiger partial charge in [0.15, 0.2) is 11.6 Å². The molecule has 0 aliphatic carbocycles. The Hall–Kier alpha value is -6.43. The summed E-state index contributed by atoms with van der Waals surface area (Å²) < 4.78 is 4.79. The molecule has 0 saturated carbocycles. The number of hydrogen-bond donors (Lipinski definition) is 0. The van der Waals surface area contributed by atoms with Crippen LogP contribution >= 0.6 is 11.3 Å². The highest BCUT2D eigenvalue weighted by molar-refractivity contribution is 7.25. The van der Waals surface area contributed by atoms with Gasteiger partial charge in [-0.25, -0.2) is 4.98 Å². The highest BCUT2D eigenvalue weighted by Crippen LogP contribution is 2.42. The summed E-state index contributed by atoms with van der Waals surface area (Å²) in [6.07, 6.45) is 0. The molecule has 0 amide bonds. The fourth-order valence-corrected chi connectivity index (χ4v) is 8.28. The molecule has 50 heavy (non-hydrogen) atoms. The smallest absolute Gasteiger partial charge is 0.238 e. The third-order valence-electron chi connectivity index (χ3n) is 9.47. The van der Waals surface area contributed by atoms with Crippen molar-refractivity contribution in [2.45, 2.75) is 0 Å². The summed E-state index contributed by atoms with van der Waals surface area (Å²) in [6, 6.07) is 59.7. The van der Waals surface area contributed by atoms with Crippen molar-refractivity contribution in [3.63, 3.8) is 0 Å². The molecule has 0 aliphatic rings. The highest BCUT2D eigenvalue weighted by atomic mass is 32.1. The van der Waals surface area contributed by atoms with Gasteiger partial charge >= 0.3 is 0 Å². The highest BCUT2D eigenvalue weighted by Gasteiger charge is 2.19. The minimum absolute atomic E-state index is 0.585. The third-order valence-corrected chi connectivity index (χ3v) is 10.6. The molecular formula is C45H28N4S. The fraction of sp³-hybridized carbons (Fsp3) is 0. The summed E-state index contributed by atoms with van der Waals surface area (Å²) in [7, 11) is 0. The third kappa shape index (κ3) is 4.71. The van der Waals surface area contributed by atoms with Crippen molar-refractivity contribution in [1.29, 1.82) is 0 Å². The Bertz CT molecular complexity index is 2870. The lowest BCUT2D eigenvalue weighted by Crippen LogP contribution is -2.06. The molecule has 10 rings (SSSR count). The first-order valence-corrected chi connectivity index (χ1v) is 17.5. The molecular weight excluding hydrogens is 629 g/mol. The first-order chi connectivity index (χ1) is 24.8. The largest absolute Gasteiger partial charge is 0.278 e. The van der Waals surface area contributed by atoms with E-state index in [-0.39, 0.29) is 0 Å². The zero-order chi connectivity index (χ0) is 33.0. The van der Waals surface area contributed by atoms with Gasteiger partial charge in [-0.2, -0.15) is 9.97 Å². The molecule has 5 heteroatoms. The molecule has 10 aromatic rings. The zero-order valence-electron chi connectivity index (χ0n) is 26.9. The van der Waals surface area contributed by atoms with Crippen molar-refractivity contribution in [2.75, 3.05) is 0 Å². The summed E-state index contributed by atoms with van der Waals surface area (Å²) in [5, 5.41) is 4.89.